The van der Waals surface area contributed by atoms with Gasteiger partial charge < -0.3 is 25.4 Å². The van der Waals surface area contributed by atoms with Crippen LogP contribution >= 0.6 is 11.8 Å². The molecule has 0 radical (unpaired) electrons. The number of para-hydroxylation sites is 1. The first kappa shape index (κ1) is 23.8. The molecule has 190 valence electrons. The number of β-amino-alcohol motifs (C(OH)–C–C–N with tert-alkyl or cyclic N) is 1. The number of urea groups is 1. The number of likely N-dealkylation sites (tertiary alicyclic amines) is 1. The van der Waals surface area contributed by atoms with Crippen LogP contribution < -0.4 is 20.3 Å². The predicted octanol–water partition coefficient (Wildman–Crippen LogP) is 3.35. The van der Waals surface area contributed by atoms with Crippen LogP contribution in [-0.4, -0.2) is 64.5 Å². The number of aromatic nitrogens is 1. The Labute approximate surface area is 218 Å². The van der Waals surface area contributed by atoms with Crippen molar-refractivity contribution in [2.24, 2.45) is 0 Å². The summed E-state index contributed by atoms with van der Waals surface area (Å²) in [7, 11) is 1.91. The van der Waals surface area contributed by atoms with E-state index >= 15 is 0 Å². The zero-order chi connectivity index (χ0) is 25.7. The largest absolute Gasteiger partial charge is 0.457 e. The molecule has 1 saturated heterocycles. The van der Waals surface area contributed by atoms with Crippen molar-refractivity contribution in [1.82, 2.24) is 20.5 Å². The summed E-state index contributed by atoms with van der Waals surface area (Å²) in [4.78, 5) is 34.8. The molecule has 10 heteroatoms. The number of carbonyl (C=O) groups is 2. The number of aliphatic hydroxyl groups excluding tert-OH is 1. The van der Waals surface area contributed by atoms with Crippen molar-refractivity contribution in [1.29, 1.82) is 0 Å². The molecule has 2 unspecified atom stereocenters. The van der Waals surface area contributed by atoms with Gasteiger partial charge in [-0.1, -0.05) is 30.0 Å². The summed E-state index contributed by atoms with van der Waals surface area (Å²) in [5.74, 6) is 1.19. The Balaban J connectivity index is 1.27. The highest BCUT2D eigenvalue weighted by atomic mass is 32.2. The third kappa shape index (κ3) is 4.30. The second-order valence-electron chi connectivity index (χ2n) is 9.62. The maximum absolute atomic E-state index is 13.5. The minimum Gasteiger partial charge on any atom is -0.457 e. The number of hydrogen-bond donors (Lipinski definition) is 3. The van der Waals surface area contributed by atoms with Crippen LogP contribution in [0.1, 0.15) is 17.2 Å². The maximum atomic E-state index is 13.5. The second kappa shape index (κ2) is 9.37. The van der Waals surface area contributed by atoms with Crippen LogP contribution in [0.15, 0.2) is 65.8 Å². The number of nitrogens with zero attached hydrogens (tertiary/aromatic N) is 3. The van der Waals surface area contributed by atoms with Crippen molar-refractivity contribution in [3.8, 4) is 11.5 Å². The number of pyridine rings is 1. The molecule has 3 N–H and O–H groups in total. The average molecular weight is 518 g/mol. The number of aliphatic hydroxyl groups is 1. The first-order valence-corrected chi connectivity index (χ1v) is 13.0. The number of ether oxygens (including phenoxy) is 1. The van der Waals surface area contributed by atoms with E-state index in [1.807, 2.05) is 73.5 Å². The van der Waals surface area contributed by atoms with E-state index in [1.54, 1.807) is 11.1 Å². The minimum absolute atomic E-state index is 0.217. The molecular weight excluding hydrogens is 490 g/mol. The number of amides is 3. The molecule has 37 heavy (non-hydrogen) atoms. The molecular formula is C27H27N5O4S. The lowest BCUT2D eigenvalue weighted by molar-refractivity contribution is -0.122. The number of hydrogen-bond acceptors (Lipinski definition) is 7. The molecule has 4 atom stereocenters. The van der Waals surface area contributed by atoms with Crippen molar-refractivity contribution >= 4 is 35.1 Å². The fourth-order valence-corrected chi connectivity index (χ4v) is 6.45. The molecule has 1 aromatic heterocycles. The quantitative estimate of drug-likeness (QED) is 0.477. The highest BCUT2D eigenvalue weighted by Crippen LogP contribution is 2.51. The molecule has 1 fully saturated rings. The van der Waals surface area contributed by atoms with Crippen molar-refractivity contribution in [3.63, 3.8) is 0 Å². The normalized spacial score (nSPS) is 24.5. The van der Waals surface area contributed by atoms with Gasteiger partial charge in [-0.05, 0) is 55.9 Å². The number of anilines is 2. The molecule has 3 aliphatic rings. The molecule has 4 heterocycles. The van der Waals surface area contributed by atoms with Gasteiger partial charge in [0.1, 0.15) is 21.8 Å². The van der Waals surface area contributed by atoms with E-state index in [2.05, 4.69) is 15.6 Å². The third-order valence-corrected chi connectivity index (χ3v) is 8.24. The van der Waals surface area contributed by atoms with Gasteiger partial charge >= 0.3 is 6.03 Å². The van der Waals surface area contributed by atoms with Crippen molar-refractivity contribution in [3.05, 3.63) is 71.9 Å². The van der Waals surface area contributed by atoms with Crippen molar-refractivity contribution < 1.29 is 19.4 Å². The summed E-state index contributed by atoms with van der Waals surface area (Å²) in [5, 5.41) is 16.4. The average Bonchev–Trinajstić information content (AvgIpc) is 3.40. The molecule has 0 saturated carbocycles. The maximum Gasteiger partial charge on any atom is 0.327 e. The number of aryl methyl sites for hydroxylation is 1. The molecule has 9 nitrogen and oxygen atoms in total. The van der Waals surface area contributed by atoms with Crippen molar-refractivity contribution in [2.75, 3.05) is 25.0 Å². The van der Waals surface area contributed by atoms with Gasteiger partial charge in [0.25, 0.3) is 0 Å². The zero-order valence-corrected chi connectivity index (χ0v) is 21.2. The standard InChI is InChI=1S/C27H27N5O4S/c1-15-12-17(36-16-6-4-3-5-7-16)8-9-19(15)32-20-10-11-28-26-22(20)23(30-27(32)35)24(37-26)25(34)29-18-13-31(2)14-21(18)33/h3-12,18,21,23-24,33H,13-14H2,1-2H3,(H,29,34)(H,30,35)/t18-,21+,23?,24?/m0/s1. The van der Waals surface area contributed by atoms with Gasteiger partial charge in [-0.2, -0.15) is 0 Å². The van der Waals surface area contributed by atoms with E-state index in [1.165, 1.54) is 11.8 Å². The van der Waals surface area contributed by atoms with Gasteiger partial charge in [-0.25, -0.2) is 9.78 Å². The highest BCUT2D eigenvalue weighted by molar-refractivity contribution is 8.01. The minimum atomic E-state index is -0.621. The topological polar surface area (TPSA) is 107 Å². The lowest BCUT2D eigenvalue weighted by Crippen LogP contribution is -2.52. The summed E-state index contributed by atoms with van der Waals surface area (Å²) in [6.07, 6.45) is 1.05. The Morgan fingerprint density at radius 1 is 1.14 bits per heavy atom. The van der Waals surface area contributed by atoms with E-state index in [-0.39, 0.29) is 18.0 Å². The Hall–Kier alpha value is -3.60. The number of likely N-dealkylation sites (N-methyl/N-ethyl adjacent to an activating group) is 1. The predicted molar refractivity (Wildman–Crippen MR) is 140 cm³/mol. The Bertz CT molecular complexity index is 1370. The number of rotatable bonds is 5. The summed E-state index contributed by atoms with van der Waals surface area (Å²) >= 11 is 1.34. The van der Waals surface area contributed by atoms with Gasteiger partial charge in [0.15, 0.2) is 0 Å². The molecule has 3 aliphatic heterocycles. The summed E-state index contributed by atoms with van der Waals surface area (Å²) < 4.78 is 5.96. The Morgan fingerprint density at radius 2 is 1.95 bits per heavy atom. The molecule has 0 bridgehead atoms. The second-order valence-corrected chi connectivity index (χ2v) is 10.7. The van der Waals surface area contributed by atoms with Crippen LogP contribution in [0, 0.1) is 6.92 Å². The lowest BCUT2D eigenvalue weighted by atomic mass is 9.99. The number of benzene rings is 2. The summed E-state index contributed by atoms with van der Waals surface area (Å²) in [5.41, 5.74) is 3.13. The first-order chi connectivity index (χ1) is 17.9. The van der Waals surface area contributed by atoms with Gasteiger partial charge in [0.2, 0.25) is 5.91 Å². The highest BCUT2D eigenvalue weighted by Gasteiger charge is 2.47. The van der Waals surface area contributed by atoms with Crippen LogP contribution in [-0.2, 0) is 4.79 Å². The molecule has 3 amide bonds. The molecule has 0 spiro atoms. The van der Waals surface area contributed by atoms with Crippen LogP contribution in [0.4, 0.5) is 16.2 Å². The van der Waals surface area contributed by atoms with Gasteiger partial charge in [-0.3, -0.25) is 9.69 Å². The Kier molecular flexibility index (Phi) is 6.02. The fourth-order valence-electron chi connectivity index (χ4n) is 5.22. The molecule has 6 rings (SSSR count). The van der Waals surface area contributed by atoms with Gasteiger partial charge in [0.05, 0.1) is 29.6 Å². The van der Waals surface area contributed by atoms with E-state index in [0.29, 0.717) is 24.5 Å². The van der Waals surface area contributed by atoms with E-state index < -0.39 is 17.4 Å². The Morgan fingerprint density at radius 3 is 2.68 bits per heavy atom. The number of nitrogens with one attached hydrogen (secondary N) is 2. The van der Waals surface area contributed by atoms with Crippen molar-refractivity contribution in [2.45, 2.75) is 35.4 Å². The molecule has 0 aliphatic carbocycles. The summed E-state index contributed by atoms with van der Waals surface area (Å²) in [6, 6.07) is 15.8. The summed E-state index contributed by atoms with van der Waals surface area (Å²) in [6.45, 7) is 3.02. The number of carbonyl (C=O) groups excluding carboxylic acids is 2. The fraction of sp³-hybridized carbons (Fsp3) is 0.296. The third-order valence-electron chi connectivity index (χ3n) is 6.95. The van der Waals surface area contributed by atoms with E-state index in [0.717, 1.165) is 27.6 Å². The van der Waals surface area contributed by atoms with Crippen LogP contribution in [0.5, 0.6) is 11.5 Å². The van der Waals surface area contributed by atoms with Crippen LogP contribution in [0.3, 0.4) is 0 Å². The number of thioether (sulfide) groups is 1. The smallest absolute Gasteiger partial charge is 0.327 e. The van der Waals surface area contributed by atoms with Crippen LogP contribution in [0.25, 0.3) is 0 Å². The van der Waals surface area contributed by atoms with Gasteiger partial charge in [-0.15, -0.1) is 0 Å². The molecule has 2 aromatic carbocycles. The first-order valence-electron chi connectivity index (χ1n) is 12.2. The van der Waals surface area contributed by atoms with Gasteiger partial charge in [0, 0.05) is 24.8 Å². The lowest BCUT2D eigenvalue weighted by Gasteiger charge is -2.35. The SMILES string of the molecule is Cc1cc(Oc2ccccc2)ccc1N1C(=O)NC2c3c1ccnc3SC2C(=O)N[C@H]1CN(C)C[C@H]1O. The van der Waals surface area contributed by atoms with Crippen LogP contribution in [0.2, 0.25) is 0 Å². The zero-order valence-electron chi connectivity index (χ0n) is 20.4. The van der Waals surface area contributed by atoms with E-state index in [9.17, 15) is 14.7 Å². The monoisotopic (exact) mass is 517 g/mol. The van der Waals surface area contributed by atoms with E-state index in [4.69, 9.17) is 4.74 Å². The molecule has 3 aromatic rings.